The van der Waals surface area contributed by atoms with Gasteiger partial charge in [-0.15, -0.1) is 0 Å². The van der Waals surface area contributed by atoms with E-state index < -0.39 is 0 Å². The van der Waals surface area contributed by atoms with Crippen molar-refractivity contribution in [1.29, 1.82) is 0 Å². The van der Waals surface area contributed by atoms with E-state index in [9.17, 15) is 10.1 Å². The van der Waals surface area contributed by atoms with Gasteiger partial charge in [0.05, 0.1) is 16.6 Å². The third kappa shape index (κ3) is 3.95. The molecule has 0 spiro atoms. The highest BCUT2D eigenvalue weighted by atomic mass is 79.9. The van der Waals surface area contributed by atoms with Gasteiger partial charge in [-0.2, -0.15) is 0 Å². The standard InChI is InChI=1S/C15H13BrClNO3/c16-10-12-5-3-6-13(17)15(12)21-9-8-11-4-1-2-7-14(11)18(19)20/h1-7H,8-10H2. The normalized spacial score (nSPS) is 10.4. The second-order valence-corrected chi connectivity index (χ2v) is 5.31. The molecule has 0 saturated heterocycles. The maximum atomic E-state index is 10.9. The lowest BCUT2D eigenvalue weighted by Crippen LogP contribution is -2.05. The Morgan fingerprint density at radius 2 is 1.86 bits per heavy atom. The summed E-state index contributed by atoms with van der Waals surface area (Å²) in [5.74, 6) is 0.620. The monoisotopic (exact) mass is 369 g/mol. The van der Waals surface area contributed by atoms with Crippen molar-refractivity contribution >= 4 is 33.2 Å². The number of ether oxygens (including phenoxy) is 1. The molecule has 0 atom stereocenters. The van der Waals surface area contributed by atoms with Crippen molar-refractivity contribution in [3.63, 3.8) is 0 Å². The molecule has 0 unspecified atom stereocenters. The maximum absolute atomic E-state index is 10.9. The minimum atomic E-state index is -0.380. The van der Waals surface area contributed by atoms with Gasteiger partial charge in [0.15, 0.2) is 0 Å². The number of alkyl halides is 1. The Labute approximate surface area is 136 Å². The molecule has 2 rings (SSSR count). The number of hydrogen-bond donors (Lipinski definition) is 0. The van der Waals surface area contributed by atoms with E-state index in [1.54, 1.807) is 24.3 Å². The number of para-hydroxylation sites is 2. The van der Waals surface area contributed by atoms with Crippen molar-refractivity contribution in [2.24, 2.45) is 0 Å². The van der Waals surface area contributed by atoms with E-state index in [4.69, 9.17) is 16.3 Å². The van der Waals surface area contributed by atoms with Gasteiger partial charge in [-0.1, -0.05) is 57.9 Å². The first kappa shape index (κ1) is 15.8. The summed E-state index contributed by atoms with van der Waals surface area (Å²) in [4.78, 5) is 10.6. The first-order chi connectivity index (χ1) is 10.1. The zero-order chi connectivity index (χ0) is 15.2. The number of hydrogen-bond acceptors (Lipinski definition) is 3. The summed E-state index contributed by atoms with van der Waals surface area (Å²) in [7, 11) is 0. The highest BCUT2D eigenvalue weighted by Gasteiger charge is 2.13. The quantitative estimate of drug-likeness (QED) is 0.418. The molecule has 0 aliphatic heterocycles. The largest absolute Gasteiger partial charge is 0.491 e. The average Bonchev–Trinajstić information content (AvgIpc) is 2.49. The molecule has 0 aliphatic carbocycles. The molecule has 0 aliphatic rings. The van der Waals surface area contributed by atoms with E-state index in [1.165, 1.54) is 6.07 Å². The van der Waals surface area contributed by atoms with Gasteiger partial charge < -0.3 is 4.74 Å². The molecule has 0 N–H and O–H groups in total. The fourth-order valence-electron chi connectivity index (χ4n) is 1.98. The number of halogens is 2. The Kier molecular flexibility index (Phi) is 5.59. The molecule has 0 heterocycles. The lowest BCUT2D eigenvalue weighted by molar-refractivity contribution is -0.385. The fraction of sp³-hybridized carbons (Fsp3) is 0.200. The van der Waals surface area contributed by atoms with Crippen molar-refractivity contribution in [1.82, 2.24) is 0 Å². The lowest BCUT2D eigenvalue weighted by Gasteiger charge is -2.11. The van der Waals surface area contributed by atoms with Crippen LogP contribution < -0.4 is 4.74 Å². The first-order valence-electron chi connectivity index (χ1n) is 6.32. The average molecular weight is 371 g/mol. The van der Waals surface area contributed by atoms with Gasteiger partial charge in [0, 0.05) is 28.9 Å². The van der Waals surface area contributed by atoms with E-state index in [-0.39, 0.29) is 10.6 Å². The van der Waals surface area contributed by atoms with Gasteiger partial charge >= 0.3 is 0 Å². The fourth-order valence-corrected chi connectivity index (χ4v) is 2.67. The van der Waals surface area contributed by atoms with Crippen LogP contribution in [0.2, 0.25) is 5.02 Å². The number of benzene rings is 2. The third-order valence-electron chi connectivity index (χ3n) is 3.00. The Morgan fingerprint density at radius 3 is 2.57 bits per heavy atom. The van der Waals surface area contributed by atoms with Gasteiger partial charge in [0.1, 0.15) is 5.75 Å². The molecule has 21 heavy (non-hydrogen) atoms. The van der Waals surface area contributed by atoms with Crippen molar-refractivity contribution in [3.8, 4) is 5.75 Å². The Bertz CT molecular complexity index is 649. The van der Waals surface area contributed by atoms with Crippen LogP contribution in [0.5, 0.6) is 5.75 Å². The summed E-state index contributed by atoms with van der Waals surface area (Å²) < 4.78 is 5.71. The van der Waals surface area contributed by atoms with Gasteiger partial charge in [-0.05, 0) is 6.07 Å². The highest BCUT2D eigenvalue weighted by molar-refractivity contribution is 9.08. The molecule has 2 aromatic rings. The van der Waals surface area contributed by atoms with Crippen LogP contribution in [0.15, 0.2) is 42.5 Å². The smallest absolute Gasteiger partial charge is 0.272 e. The number of nitrogens with zero attached hydrogens (tertiary/aromatic N) is 1. The second kappa shape index (κ2) is 7.43. The number of rotatable bonds is 6. The molecule has 0 fully saturated rings. The molecule has 4 nitrogen and oxygen atoms in total. The molecule has 0 bridgehead atoms. The maximum Gasteiger partial charge on any atom is 0.272 e. The van der Waals surface area contributed by atoms with Gasteiger partial charge in [0.25, 0.3) is 5.69 Å². The van der Waals surface area contributed by atoms with E-state index in [2.05, 4.69) is 15.9 Å². The van der Waals surface area contributed by atoms with Crippen LogP contribution in [-0.4, -0.2) is 11.5 Å². The van der Waals surface area contributed by atoms with Crippen molar-refractivity contribution in [2.75, 3.05) is 6.61 Å². The predicted octanol–water partition coefficient (Wildman–Crippen LogP) is 4.76. The Balaban J connectivity index is 2.07. The molecule has 0 saturated carbocycles. The highest BCUT2D eigenvalue weighted by Crippen LogP contribution is 2.30. The summed E-state index contributed by atoms with van der Waals surface area (Å²) >= 11 is 9.50. The summed E-state index contributed by atoms with van der Waals surface area (Å²) in [5.41, 5.74) is 1.71. The van der Waals surface area contributed by atoms with Crippen molar-refractivity contribution in [3.05, 3.63) is 68.7 Å². The van der Waals surface area contributed by atoms with Crippen molar-refractivity contribution in [2.45, 2.75) is 11.8 Å². The first-order valence-corrected chi connectivity index (χ1v) is 7.82. The van der Waals surface area contributed by atoms with Crippen LogP contribution in [-0.2, 0) is 11.8 Å². The summed E-state index contributed by atoms with van der Waals surface area (Å²) in [5, 5.41) is 12.1. The minimum absolute atomic E-state index is 0.112. The second-order valence-electron chi connectivity index (χ2n) is 4.35. The van der Waals surface area contributed by atoms with E-state index in [1.807, 2.05) is 12.1 Å². The van der Waals surface area contributed by atoms with E-state index in [0.717, 1.165) is 5.56 Å². The Hall–Kier alpha value is -1.59. The van der Waals surface area contributed by atoms with Gasteiger partial charge in [-0.3, -0.25) is 10.1 Å². The molecule has 6 heteroatoms. The van der Waals surface area contributed by atoms with E-state index in [0.29, 0.717) is 34.7 Å². The number of nitro benzene ring substituents is 1. The van der Waals surface area contributed by atoms with Crippen LogP contribution in [0.3, 0.4) is 0 Å². The summed E-state index contributed by atoms with van der Waals surface area (Å²) in [6.07, 6.45) is 0.449. The topological polar surface area (TPSA) is 52.4 Å². The summed E-state index contributed by atoms with van der Waals surface area (Å²) in [6.45, 7) is 0.328. The van der Waals surface area contributed by atoms with Crippen molar-refractivity contribution < 1.29 is 9.66 Å². The van der Waals surface area contributed by atoms with E-state index >= 15 is 0 Å². The van der Waals surface area contributed by atoms with Crippen LogP contribution in [0, 0.1) is 10.1 Å². The van der Waals surface area contributed by atoms with Crippen LogP contribution in [0.1, 0.15) is 11.1 Å². The predicted molar refractivity (Wildman–Crippen MR) is 86.4 cm³/mol. The van der Waals surface area contributed by atoms with Crippen LogP contribution in [0.4, 0.5) is 5.69 Å². The number of nitro groups is 1. The molecule has 2 aromatic carbocycles. The third-order valence-corrected chi connectivity index (χ3v) is 3.90. The lowest BCUT2D eigenvalue weighted by atomic mass is 10.1. The zero-order valence-corrected chi connectivity index (χ0v) is 13.4. The summed E-state index contributed by atoms with van der Waals surface area (Å²) in [6, 6.07) is 12.2. The van der Waals surface area contributed by atoms with Crippen LogP contribution in [0.25, 0.3) is 0 Å². The van der Waals surface area contributed by atoms with Gasteiger partial charge in [0.2, 0.25) is 0 Å². The molecular weight excluding hydrogens is 358 g/mol. The van der Waals surface area contributed by atoms with Gasteiger partial charge in [-0.25, -0.2) is 0 Å². The Morgan fingerprint density at radius 1 is 1.14 bits per heavy atom. The SMILES string of the molecule is O=[N+]([O-])c1ccccc1CCOc1c(Cl)cccc1CBr. The molecular formula is C15H13BrClNO3. The zero-order valence-electron chi connectivity index (χ0n) is 11.1. The minimum Gasteiger partial charge on any atom is -0.491 e. The molecule has 0 amide bonds. The molecule has 110 valence electrons. The molecule has 0 radical (unpaired) electrons. The molecule has 0 aromatic heterocycles. The van der Waals surface area contributed by atoms with Crippen LogP contribution >= 0.6 is 27.5 Å².